The number of benzene rings is 1. The van der Waals surface area contributed by atoms with Crippen LogP contribution < -0.4 is 10.5 Å². The zero-order chi connectivity index (χ0) is 14.8. The van der Waals surface area contributed by atoms with E-state index in [9.17, 15) is 0 Å². The molecule has 0 aliphatic carbocycles. The molecular weight excluding hydrogens is 260 g/mol. The van der Waals surface area contributed by atoms with Gasteiger partial charge in [0.05, 0.1) is 6.61 Å². The average Bonchev–Trinajstić information content (AvgIpc) is 2.50. The number of hydrogen-bond acceptors (Lipinski definition) is 3. The van der Waals surface area contributed by atoms with Gasteiger partial charge in [0.25, 0.3) is 0 Å². The van der Waals surface area contributed by atoms with Crippen LogP contribution in [0.5, 0.6) is 5.75 Å². The van der Waals surface area contributed by atoms with Crippen LogP contribution in [0.25, 0.3) is 0 Å². The minimum atomic E-state index is 0.109. The molecule has 1 fully saturated rings. The fourth-order valence-corrected chi connectivity index (χ4v) is 3.71. The lowest BCUT2D eigenvalue weighted by Crippen LogP contribution is -2.43. The first kappa shape index (κ1) is 14.9. The lowest BCUT2D eigenvalue weighted by molar-refractivity contribution is 0.109. The highest BCUT2D eigenvalue weighted by atomic mass is 16.5. The summed E-state index contributed by atoms with van der Waals surface area (Å²) in [5.41, 5.74) is 9.11. The molecule has 0 aromatic heterocycles. The van der Waals surface area contributed by atoms with Crippen molar-refractivity contribution in [2.24, 2.45) is 17.6 Å². The van der Waals surface area contributed by atoms with E-state index in [1.54, 1.807) is 0 Å². The van der Waals surface area contributed by atoms with Crippen molar-refractivity contribution in [1.29, 1.82) is 0 Å². The zero-order valence-electron chi connectivity index (χ0n) is 13.3. The summed E-state index contributed by atoms with van der Waals surface area (Å²) in [6, 6.07) is 6.59. The van der Waals surface area contributed by atoms with Gasteiger partial charge in [0.2, 0.25) is 0 Å². The fourth-order valence-electron chi connectivity index (χ4n) is 3.71. The number of ether oxygens (including phenoxy) is 1. The SMILES string of the molecule is CCc1ccc2c(c1)C(N)C(CN1CCCC(C)C1)CO2. The summed E-state index contributed by atoms with van der Waals surface area (Å²) in [4.78, 5) is 2.58. The third-order valence-corrected chi connectivity index (χ3v) is 5.04. The van der Waals surface area contributed by atoms with Crippen molar-refractivity contribution < 1.29 is 4.74 Å². The maximum absolute atomic E-state index is 6.56. The largest absolute Gasteiger partial charge is 0.493 e. The van der Waals surface area contributed by atoms with Crippen molar-refractivity contribution in [3.63, 3.8) is 0 Å². The van der Waals surface area contributed by atoms with E-state index < -0.39 is 0 Å². The van der Waals surface area contributed by atoms with Gasteiger partial charge in [0.1, 0.15) is 5.75 Å². The third-order valence-electron chi connectivity index (χ3n) is 5.04. The Morgan fingerprint density at radius 3 is 3.00 bits per heavy atom. The van der Waals surface area contributed by atoms with Crippen molar-refractivity contribution in [2.75, 3.05) is 26.2 Å². The van der Waals surface area contributed by atoms with Crippen LogP contribution >= 0.6 is 0 Å². The molecule has 3 nitrogen and oxygen atoms in total. The first-order chi connectivity index (χ1) is 10.2. The molecule has 3 atom stereocenters. The van der Waals surface area contributed by atoms with Gasteiger partial charge in [0.15, 0.2) is 0 Å². The maximum Gasteiger partial charge on any atom is 0.124 e. The van der Waals surface area contributed by atoms with E-state index in [0.717, 1.165) is 31.2 Å². The minimum Gasteiger partial charge on any atom is -0.493 e. The Hall–Kier alpha value is -1.06. The Bertz CT molecular complexity index is 488. The number of nitrogens with two attached hydrogens (primary N) is 1. The van der Waals surface area contributed by atoms with Crippen LogP contribution in [0.15, 0.2) is 18.2 Å². The second-order valence-corrected chi connectivity index (χ2v) is 6.83. The first-order valence-electron chi connectivity index (χ1n) is 8.41. The molecule has 3 rings (SSSR count). The van der Waals surface area contributed by atoms with Gasteiger partial charge >= 0.3 is 0 Å². The van der Waals surface area contributed by atoms with Gasteiger partial charge in [-0.15, -0.1) is 0 Å². The molecule has 116 valence electrons. The summed E-state index contributed by atoms with van der Waals surface area (Å²) in [6.07, 6.45) is 3.74. The number of aryl methyl sites for hydroxylation is 1. The predicted molar refractivity (Wildman–Crippen MR) is 86.6 cm³/mol. The van der Waals surface area contributed by atoms with Gasteiger partial charge in [0, 0.05) is 30.6 Å². The van der Waals surface area contributed by atoms with E-state index in [4.69, 9.17) is 10.5 Å². The van der Waals surface area contributed by atoms with Crippen molar-refractivity contribution in [1.82, 2.24) is 4.90 Å². The lowest BCUT2D eigenvalue weighted by atomic mass is 9.88. The lowest BCUT2D eigenvalue weighted by Gasteiger charge is -2.38. The highest BCUT2D eigenvalue weighted by molar-refractivity contribution is 5.41. The quantitative estimate of drug-likeness (QED) is 0.929. The van der Waals surface area contributed by atoms with Gasteiger partial charge < -0.3 is 15.4 Å². The molecule has 1 aromatic carbocycles. The molecule has 3 unspecified atom stereocenters. The third kappa shape index (κ3) is 3.24. The smallest absolute Gasteiger partial charge is 0.124 e. The fraction of sp³-hybridized carbons (Fsp3) is 0.667. The molecule has 2 aliphatic heterocycles. The summed E-state index contributed by atoms with van der Waals surface area (Å²) in [5, 5.41) is 0. The maximum atomic E-state index is 6.56. The summed E-state index contributed by atoms with van der Waals surface area (Å²) in [5.74, 6) is 2.22. The van der Waals surface area contributed by atoms with Gasteiger partial charge in [-0.05, 0) is 43.4 Å². The molecule has 0 amide bonds. The first-order valence-corrected chi connectivity index (χ1v) is 8.41. The van der Waals surface area contributed by atoms with Crippen LogP contribution in [0, 0.1) is 11.8 Å². The number of nitrogens with zero attached hydrogens (tertiary/aromatic N) is 1. The van der Waals surface area contributed by atoms with Gasteiger partial charge in [-0.3, -0.25) is 0 Å². The Balaban J connectivity index is 1.70. The monoisotopic (exact) mass is 288 g/mol. The second kappa shape index (κ2) is 6.37. The number of likely N-dealkylation sites (tertiary alicyclic amines) is 1. The van der Waals surface area contributed by atoms with Gasteiger partial charge in [-0.25, -0.2) is 0 Å². The number of hydrogen-bond donors (Lipinski definition) is 1. The molecule has 21 heavy (non-hydrogen) atoms. The molecule has 2 N–H and O–H groups in total. The molecule has 0 saturated carbocycles. The van der Waals surface area contributed by atoms with Crippen molar-refractivity contribution in [3.8, 4) is 5.75 Å². The Labute approximate surface area is 128 Å². The van der Waals surface area contributed by atoms with Crippen LogP contribution in [0.2, 0.25) is 0 Å². The normalized spacial score (nSPS) is 29.8. The van der Waals surface area contributed by atoms with Gasteiger partial charge in [-0.1, -0.05) is 26.0 Å². The molecule has 2 heterocycles. The second-order valence-electron chi connectivity index (χ2n) is 6.83. The average molecular weight is 288 g/mol. The summed E-state index contributed by atoms with van der Waals surface area (Å²) >= 11 is 0. The van der Waals surface area contributed by atoms with E-state index >= 15 is 0 Å². The molecule has 0 spiro atoms. The Morgan fingerprint density at radius 1 is 1.38 bits per heavy atom. The standard InChI is InChI=1S/C18H28N2O/c1-3-14-6-7-17-16(9-14)18(19)15(12-21-17)11-20-8-4-5-13(2)10-20/h6-7,9,13,15,18H,3-5,8,10-12,19H2,1-2H3. The van der Waals surface area contributed by atoms with Crippen LogP contribution in [-0.4, -0.2) is 31.1 Å². The van der Waals surface area contributed by atoms with Crippen LogP contribution in [0.1, 0.15) is 43.9 Å². The van der Waals surface area contributed by atoms with Crippen molar-refractivity contribution in [2.45, 2.75) is 39.2 Å². The number of piperidine rings is 1. The van der Waals surface area contributed by atoms with E-state index in [1.807, 2.05) is 0 Å². The summed E-state index contributed by atoms with van der Waals surface area (Å²) in [7, 11) is 0. The molecule has 2 aliphatic rings. The van der Waals surface area contributed by atoms with Crippen LogP contribution in [-0.2, 0) is 6.42 Å². The van der Waals surface area contributed by atoms with E-state index in [1.165, 1.54) is 37.1 Å². The summed E-state index contributed by atoms with van der Waals surface area (Å²) in [6.45, 7) is 8.79. The number of fused-ring (bicyclic) bond motifs is 1. The van der Waals surface area contributed by atoms with Crippen LogP contribution in [0.3, 0.4) is 0 Å². The van der Waals surface area contributed by atoms with E-state index in [0.29, 0.717) is 5.92 Å². The molecule has 1 saturated heterocycles. The zero-order valence-corrected chi connectivity index (χ0v) is 13.3. The van der Waals surface area contributed by atoms with E-state index in [-0.39, 0.29) is 6.04 Å². The minimum absolute atomic E-state index is 0.109. The Morgan fingerprint density at radius 2 is 2.24 bits per heavy atom. The molecule has 0 bridgehead atoms. The molecular formula is C18H28N2O. The van der Waals surface area contributed by atoms with Crippen LogP contribution in [0.4, 0.5) is 0 Å². The highest BCUT2D eigenvalue weighted by Crippen LogP contribution is 2.35. The van der Waals surface area contributed by atoms with Crippen molar-refractivity contribution in [3.05, 3.63) is 29.3 Å². The Kier molecular flexibility index (Phi) is 4.51. The predicted octanol–water partition coefficient (Wildman–Crippen LogP) is 2.99. The topological polar surface area (TPSA) is 38.5 Å². The van der Waals surface area contributed by atoms with Crippen molar-refractivity contribution >= 4 is 0 Å². The number of rotatable bonds is 3. The summed E-state index contributed by atoms with van der Waals surface area (Å²) < 4.78 is 5.97. The molecule has 0 radical (unpaired) electrons. The molecule has 3 heteroatoms. The van der Waals surface area contributed by atoms with E-state index in [2.05, 4.69) is 36.9 Å². The van der Waals surface area contributed by atoms with Gasteiger partial charge in [-0.2, -0.15) is 0 Å². The molecule has 1 aromatic rings. The highest BCUT2D eigenvalue weighted by Gasteiger charge is 2.30.